The zero-order valence-corrected chi connectivity index (χ0v) is 30.1. The molecule has 3 aromatic heterocycles. The molecule has 0 amide bonds. The van der Waals surface area contributed by atoms with Gasteiger partial charge in [-0.25, -0.2) is 0 Å². The maximum atomic E-state index is 6.33. The topological polar surface area (TPSA) is 19.6 Å². The summed E-state index contributed by atoms with van der Waals surface area (Å²) in [5.41, 5.74) is 8.46. The van der Waals surface area contributed by atoms with E-state index in [1.54, 1.807) is 0 Å². The van der Waals surface area contributed by atoms with E-state index in [-0.39, 0.29) is 0 Å². The van der Waals surface area contributed by atoms with E-state index < -0.39 is 0 Å². The van der Waals surface area contributed by atoms with Crippen molar-refractivity contribution < 1.29 is 4.42 Å². The summed E-state index contributed by atoms with van der Waals surface area (Å²) in [5.74, 6) is 0. The Labute approximate surface area is 313 Å². The Hall–Kier alpha value is -6.40. The molecule has 0 aliphatic carbocycles. The van der Waals surface area contributed by atoms with Crippen LogP contribution in [0.4, 0.5) is 34.1 Å². The van der Waals surface area contributed by atoms with E-state index in [4.69, 9.17) is 4.42 Å². The largest absolute Gasteiger partial charge is 0.456 e. The Morgan fingerprint density at radius 2 is 0.736 bits per heavy atom. The van der Waals surface area contributed by atoms with Gasteiger partial charge >= 0.3 is 0 Å². The fourth-order valence-electron chi connectivity index (χ4n) is 7.79. The molecule has 0 radical (unpaired) electrons. The number of thiophene rings is 2. The molecule has 0 saturated heterocycles. The van der Waals surface area contributed by atoms with Crippen molar-refractivity contribution in [3.63, 3.8) is 0 Å². The predicted molar refractivity (Wildman–Crippen MR) is 229 cm³/mol. The average Bonchev–Trinajstić information content (AvgIpc) is 3.89. The molecule has 11 rings (SSSR count). The molecule has 0 aliphatic rings. The van der Waals surface area contributed by atoms with Crippen LogP contribution < -0.4 is 9.80 Å². The molecule has 3 nitrogen and oxygen atoms in total. The summed E-state index contributed by atoms with van der Waals surface area (Å²) in [5, 5.41) is 7.37. The van der Waals surface area contributed by atoms with Crippen LogP contribution in [0, 0.1) is 0 Å². The molecule has 0 unspecified atom stereocenters. The molecule has 5 heteroatoms. The Morgan fingerprint density at radius 3 is 1.42 bits per heavy atom. The summed E-state index contributed by atoms with van der Waals surface area (Å²) >= 11 is 3.70. The van der Waals surface area contributed by atoms with Gasteiger partial charge in [-0.3, -0.25) is 0 Å². The van der Waals surface area contributed by atoms with Crippen molar-refractivity contribution in [3.05, 3.63) is 182 Å². The third-order valence-corrected chi connectivity index (χ3v) is 12.5. The lowest BCUT2D eigenvalue weighted by atomic mass is 10.1. The summed E-state index contributed by atoms with van der Waals surface area (Å²) in [6.07, 6.45) is 0. The van der Waals surface area contributed by atoms with Crippen LogP contribution in [-0.4, -0.2) is 0 Å². The molecule has 0 saturated carbocycles. The summed E-state index contributed by atoms with van der Waals surface area (Å²) in [6, 6.07) is 65.5. The summed E-state index contributed by atoms with van der Waals surface area (Å²) < 4.78 is 11.5. The molecular weight excluding hydrogens is 685 g/mol. The van der Waals surface area contributed by atoms with Gasteiger partial charge < -0.3 is 14.2 Å². The highest BCUT2D eigenvalue weighted by molar-refractivity contribution is 7.26. The summed E-state index contributed by atoms with van der Waals surface area (Å²) in [6.45, 7) is 0. The van der Waals surface area contributed by atoms with Gasteiger partial charge in [0.2, 0.25) is 0 Å². The first-order valence-electron chi connectivity index (χ1n) is 17.7. The molecule has 3 heterocycles. The quantitative estimate of drug-likeness (QED) is 0.171. The fourth-order valence-corrected chi connectivity index (χ4v) is 9.99. The highest BCUT2D eigenvalue weighted by atomic mass is 32.1. The Morgan fingerprint density at radius 1 is 0.283 bits per heavy atom. The lowest BCUT2D eigenvalue weighted by Crippen LogP contribution is -2.09. The first kappa shape index (κ1) is 30.2. The highest BCUT2D eigenvalue weighted by Gasteiger charge is 2.19. The maximum absolute atomic E-state index is 6.33. The van der Waals surface area contributed by atoms with E-state index in [2.05, 4.69) is 180 Å². The van der Waals surface area contributed by atoms with Crippen molar-refractivity contribution in [1.82, 2.24) is 0 Å². The first-order chi connectivity index (χ1) is 26.2. The second-order valence-corrected chi connectivity index (χ2v) is 15.5. The lowest BCUT2D eigenvalue weighted by molar-refractivity contribution is 0.669. The highest BCUT2D eigenvalue weighted by Crippen LogP contribution is 2.45. The van der Waals surface area contributed by atoms with Crippen LogP contribution >= 0.6 is 22.7 Å². The van der Waals surface area contributed by atoms with Crippen LogP contribution in [0.2, 0.25) is 0 Å². The van der Waals surface area contributed by atoms with Crippen LogP contribution in [0.5, 0.6) is 0 Å². The van der Waals surface area contributed by atoms with Crippen LogP contribution in [0.15, 0.2) is 186 Å². The van der Waals surface area contributed by atoms with E-state index in [0.29, 0.717) is 0 Å². The van der Waals surface area contributed by atoms with Gasteiger partial charge in [-0.1, -0.05) is 78.9 Å². The molecule has 0 bridgehead atoms. The van der Waals surface area contributed by atoms with Crippen LogP contribution in [-0.2, 0) is 0 Å². The number of furan rings is 1. The molecular formula is C48H30N2OS2. The SMILES string of the molecule is c1ccc(N(c2ccc3c(c2)oc2ccccc23)c2ccc3c(c2)sc2ccc(N(c4ccccc4)c4ccc5sc6ccccc6c5c4)cc23)cc1. The minimum atomic E-state index is 0.884. The monoisotopic (exact) mass is 714 g/mol. The normalized spacial score (nSPS) is 11.8. The molecule has 0 spiro atoms. The van der Waals surface area contributed by atoms with Gasteiger partial charge in [0.05, 0.1) is 0 Å². The number of anilines is 6. The predicted octanol–water partition coefficient (Wildman–Crippen LogP) is 15.3. The van der Waals surface area contributed by atoms with Crippen molar-refractivity contribution >= 4 is 119 Å². The molecule has 0 atom stereocenters. The van der Waals surface area contributed by atoms with Gasteiger partial charge in [0, 0.05) is 91.3 Å². The maximum Gasteiger partial charge on any atom is 0.137 e. The van der Waals surface area contributed by atoms with E-state index in [1.165, 1.54) is 40.3 Å². The van der Waals surface area contributed by atoms with E-state index in [9.17, 15) is 0 Å². The Bertz CT molecular complexity index is 3140. The number of nitrogens with zero attached hydrogens (tertiary/aromatic N) is 2. The standard InChI is InChI=1S/C48H30N2OS2/c1-3-11-31(12-4-1)49(33-21-25-46-41(27-33)39-16-8-10-18-45(39)52-46)34-22-26-47-42(28-34)40-24-20-36(30-48(40)53-47)50(32-13-5-2-6-14-32)35-19-23-38-37-15-7-9-17-43(37)51-44(38)29-35/h1-30H. The Kier molecular flexibility index (Phi) is 6.90. The fraction of sp³-hybridized carbons (Fsp3) is 0. The van der Waals surface area contributed by atoms with Gasteiger partial charge in [-0.2, -0.15) is 0 Å². The van der Waals surface area contributed by atoms with Crippen molar-refractivity contribution in [1.29, 1.82) is 0 Å². The molecule has 0 N–H and O–H groups in total. The van der Waals surface area contributed by atoms with E-state index in [1.807, 2.05) is 34.8 Å². The minimum absolute atomic E-state index is 0.884. The molecule has 250 valence electrons. The zero-order chi connectivity index (χ0) is 34.9. The number of fused-ring (bicyclic) bond motifs is 9. The zero-order valence-electron chi connectivity index (χ0n) is 28.4. The van der Waals surface area contributed by atoms with Gasteiger partial charge in [0.25, 0.3) is 0 Å². The third-order valence-electron chi connectivity index (χ3n) is 10.2. The third kappa shape index (κ3) is 5.01. The Balaban J connectivity index is 1.04. The number of para-hydroxylation sites is 3. The number of benzene rings is 8. The number of hydrogen-bond acceptors (Lipinski definition) is 5. The van der Waals surface area contributed by atoms with E-state index in [0.717, 1.165) is 56.1 Å². The number of hydrogen-bond donors (Lipinski definition) is 0. The second-order valence-electron chi connectivity index (χ2n) is 13.4. The minimum Gasteiger partial charge on any atom is -0.456 e. The molecule has 0 fully saturated rings. The summed E-state index contributed by atoms with van der Waals surface area (Å²) in [7, 11) is 0. The van der Waals surface area contributed by atoms with Crippen LogP contribution in [0.25, 0.3) is 62.3 Å². The molecule has 53 heavy (non-hydrogen) atoms. The van der Waals surface area contributed by atoms with Gasteiger partial charge in [-0.05, 0) is 97.1 Å². The van der Waals surface area contributed by atoms with Crippen LogP contribution in [0.3, 0.4) is 0 Å². The van der Waals surface area contributed by atoms with Crippen molar-refractivity contribution in [2.75, 3.05) is 9.80 Å². The van der Waals surface area contributed by atoms with Crippen molar-refractivity contribution in [2.24, 2.45) is 0 Å². The smallest absolute Gasteiger partial charge is 0.137 e. The molecule has 11 aromatic rings. The molecule has 8 aromatic carbocycles. The van der Waals surface area contributed by atoms with Crippen molar-refractivity contribution in [3.8, 4) is 0 Å². The average molecular weight is 715 g/mol. The first-order valence-corrected chi connectivity index (χ1v) is 19.4. The van der Waals surface area contributed by atoms with E-state index >= 15 is 0 Å². The van der Waals surface area contributed by atoms with Gasteiger partial charge in [0.15, 0.2) is 0 Å². The van der Waals surface area contributed by atoms with Gasteiger partial charge in [0.1, 0.15) is 11.2 Å². The van der Waals surface area contributed by atoms with Crippen molar-refractivity contribution in [2.45, 2.75) is 0 Å². The van der Waals surface area contributed by atoms with Gasteiger partial charge in [-0.15, -0.1) is 22.7 Å². The second kappa shape index (κ2) is 12.1. The summed E-state index contributed by atoms with van der Waals surface area (Å²) in [4.78, 5) is 4.71. The number of rotatable bonds is 6. The van der Waals surface area contributed by atoms with Crippen LogP contribution in [0.1, 0.15) is 0 Å². The molecule has 0 aliphatic heterocycles. The lowest BCUT2D eigenvalue weighted by Gasteiger charge is -2.26.